The Labute approximate surface area is 193 Å². The molecule has 172 valence electrons. The summed E-state index contributed by atoms with van der Waals surface area (Å²) in [5, 5.41) is 0.858. The van der Waals surface area contributed by atoms with Crippen LogP contribution in [0.25, 0.3) is 11.0 Å². The fourth-order valence-electron chi connectivity index (χ4n) is 3.52. The van der Waals surface area contributed by atoms with Gasteiger partial charge in [0, 0.05) is 42.9 Å². The lowest BCUT2D eigenvalue weighted by atomic mass is 10.1. The largest absolute Gasteiger partial charge is 0.458 e. The van der Waals surface area contributed by atoms with Crippen LogP contribution in [-0.4, -0.2) is 46.6 Å². The van der Waals surface area contributed by atoms with Gasteiger partial charge in [0.1, 0.15) is 5.58 Å². The van der Waals surface area contributed by atoms with Crippen molar-refractivity contribution in [1.29, 1.82) is 0 Å². The summed E-state index contributed by atoms with van der Waals surface area (Å²) in [6, 6.07) is 7.04. The Hall–Kier alpha value is -2.46. The van der Waals surface area contributed by atoms with Gasteiger partial charge < -0.3 is 18.6 Å². The molecule has 1 fully saturated rings. The highest BCUT2D eigenvalue weighted by atomic mass is 32.2. The van der Waals surface area contributed by atoms with Crippen molar-refractivity contribution >= 4 is 52.4 Å². The molecule has 1 aromatic heterocycles. The molecule has 1 aliphatic rings. The predicted molar refractivity (Wildman–Crippen MR) is 121 cm³/mol. The molecular formula is C22H24O8S2. The van der Waals surface area contributed by atoms with Gasteiger partial charge in [0.05, 0.1) is 4.58 Å². The van der Waals surface area contributed by atoms with E-state index >= 15 is 0 Å². The molecule has 10 heteroatoms. The monoisotopic (exact) mass is 480 g/mol. The zero-order chi connectivity index (χ0) is 23.4. The van der Waals surface area contributed by atoms with Crippen molar-refractivity contribution in [3.8, 4) is 0 Å². The van der Waals surface area contributed by atoms with E-state index in [1.54, 1.807) is 6.07 Å². The van der Waals surface area contributed by atoms with E-state index in [-0.39, 0.29) is 4.58 Å². The number of ether oxygens (including phenoxy) is 3. The van der Waals surface area contributed by atoms with Crippen LogP contribution in [0.3, 0.4) is 0 Å². The van der Waals surface area contributed by atoms with E-state index < -0.39 is 41.8 Å². The molecule has 0 radical (unpaired) electrons. The molecule has 0 aliphatic carbocycles. The highest BCUT2D eigenvalue weighted by Gasteiger charge is 2.46. The van der Waals surface area contributed by atoms with Crippen molar-refractivity contribution in [2.24, 2.45) is 0 Å². The van der Waals surface area contributed by atoms with Gasteiger partial charge in [0.25, 0.3) is 0 Å². The quantitative estimate of drug-likeness (QED) is 0.347. The fraction of sp³-hybridized carbons (Fsp3) is 0.455. The molecule has 4 atom stereocenters. The Bertz CT molecular complexity index is 1080. The summed E-state index contributed by atoms with van der Waals surface area (Å²) in [7, 11) is 0. The Kier molecular flexibility index (Phi) is 7.89. The molecule has 1 aliphatic heterocycles. The highest BCUT2D eigenvalue weighted by Crippen LogP contribution is 2.42. The molecule has 3 rings (SSSR count). The summed E-state index contributed by atoms with van der Waals surface area (Å²) >= 11 is 2.82. The molecular weight excluding hydrogens is 456 g/mol. The van der Waals surface area contributed by atoms with Crippen LogP contribution in [0.1, 0.15) is 33.3 Å². The number of esters is 3. The maximum Gasteiger partial charge on any atom is 0.336 e. The van der Waals surface area contributed by atoms with Crippen LogP contribution >= 0.6 is 23.5 Å². The third-order valence-corrected chi connectivity index (χ3v) is 7.58. The maximum absolute atomic E-state index is 11.9. The number of thioether (sulfide) groups is 2. The van der Waals surface area contributed by atoms with Gasteiger partial charge >= 0.3 is 23.5 Å². The predicted octanol–water partition coefficient (Wildman–Crippen LogP) is 3.32. The molecule has 2 heterocycles. The maximum atomic E-state index is 11.9. The lowest BCUT2D eigenvalue weighted by Gasteiger charge is -2.39. The summed E-state index contributed by atoms with van der Waals surface area (Å²) in [4.78, 5) is 47.7. The topological polar surface area (TPSA) is 109 Å². The van der Waals surface area contributed by atoms with Gasteiger partial charge in [-0.2, -0.15) is 0 Å². The first-order valence-corrected chi connectivity index (χ1v) is 12.0. The fourth-order valence-corrected chi connectivity index (χ4v) is 6.33. The number of fused-ring (bicyclic) bond motifs is 1. The minimum atomic E-state index is -0.941. The van der Waals surface area contributed by atoms with Gasteiger partial charge in [-0.1, -0.05) is 6.92 Å². The van der Waals surface area contributed by atoms with E-state index in [0.29, 0.717) is 17.8 Å². The van der Waals surface area contributed by atoms with E-state index in [1.807, 2.05) is 19.1 Å². The highest BCUT2D eigenvalue weighted by molar-refractivity contribution is 8.17. The van der Waals surface area contributed by atoms with Crippen LogP contribution in [0.5, 0.6) is 0 Å². The number of carbonyl (C=O) groups is 3. The smallest absolute Gasteiger partial charge is 0.336 e. The number of hydrogen-bond acceptors (Lipinski definition) is 10. The zero-order valence-corrected chi connectivity index (χ0v) is 19.7. The molecule has 0 bridgehead atoms. The van der Waals surface area contributed by atoms with Gasteiger partial charge in [-0.15, -0.1) is 23.5 Å². The van der Waals surface area contributed by atoms with E-state index in [1.165, 1.54) is 50.4 Å². The molecule has 0 saturated carbocycles. The van der Waals surface area contributed by atoms with Gasteiger partial charge in [-0.3, -0.25) is 14.4 Å². The van der Waals surface area contributed by atoms with Crippen molar-refractivity contribution < 1.29 is 33.0 Å². The molecule has 32 heavy (non-hydrogen) atoms. The Morgan fingerprint density at radius 3 is 2.31 bits per heavy atom. The molecule has 1 aromatic carbocycles. The minimum absolute atomic E-state index is 0.353. The summed E-state index contributed by atoms with van der Waals surface area (Å²) in [6.07, 6.45) is -1.84. The summed E-state index contributed by atoms with van der Waals surface area (Å²) < 4.78 is 21.3. The number of hydrogen-bond donors (Lipinski definition) is 0. The van der Waals surface area contributed by atoms with Gasteiger partial charge in [-0.25, -0.2) is 4.79 Å². The Morgan fingerprint density at radius 2 is 1.69 bits per heavy atom. The SMILES string of the molecule is CCc1cc(=O)oc2cc(S[C@@H]3SC[C@@H](OC(C)=O)[C@H](OC(C)=O)[C@H]3OC(C)=O)ccc12. The average Bonchev–Trinajstić information content (AvgIpc) is 2.70. The molecule has 0 spiro atoms. The molecule has 1 saturated heterocycles. The number of rotatable bonds is 6. The number of carbonyl (C=O) groups excluding carboxylic acids is 3. The Balaban J connectivity index is 1.92. The second-order valence-corrected chi connectivity index (χ2v) is 9.91. The van der Waals surface area contributed by atoms with Crippen molar-refractivity contribution in [2.45, 2.75) is 61.9 Å². The molecule has 0 unspecified atom stereocenters. The van der Waals surface area contributed by atoms with Crippen LogP contribution in [0, 0.1) is 0 Å². The molecule has 2 aromatic rings. The second-order valence-electron chi connectivity index (χ2n) is 7.22. The van der Waals surface area contributed by atoms with E-state index in [9.17, 15) is 19.2 Å². The second kappa shape index (κ2) is 10.4. The van der Waals surface area contributed by atoms with Crippen LogP contribution in [0.2, 0.25) is 0 Å². The van der Waals surface area contributed by atoms with Crippen LogP contribution in [-0.2, 0) is 35.0 Å². The summed E-state index contributed by atoms with van der Waals surface area (Å²) in [5.41, 5.74) is 0.954. The van der Waals surface area contributed by atoms with Gasteiger partial charge in [0.15, 0.2) is 18.3 Å². The van der Waals surface area contributed by atoms with Crippen LogP contribution in [0.4, 0.5) is 0 Å². The lowest BCUT2D eigenvalue weighted by molar-refractivity contribution is -0.180. The van der Waals surface area contributed by atoms with Crippen LogP contribution in [0.15, 0.2) is 38.4 Å². The average molecular weight is 481 g/mol. The first-order valence-electron chi connectivity index (χ1n) is 10.0. The first-order chi connectivity index (χ1) is 15.2. The van der Waals surface area contributed by atoms with Gasteiger partial charge in [-0.05, 0) is 30.2 Å². The standard InChI is InChI=1S/C22H24O8S2/c1-5-14-8-19(26)30-17-9-15(6-7-16(14)17)32-22-21(29-13(4)25)20(28-12(3)24)18(10-31-22)27-11(2)23/h6-9,18,20-22H,5,10H2,1-4H3/t18-,20+,21-,22+/m1/s1. The summed E-state index contributed by atoms with van der Waals surface area (Å²) in [5.74, 6) is -1.27. The zero-order valence-electron chi connectivity index (χ0n) is 18.1. The number of benzene rings is 1. The van der Waals surface area contributed by atoms with Crippen molar-refractivity contribution in [3.05, 3.63) is 40.2 Å². The van der Waals surface area contributed by atoms with Crippen molar-refractivity contribution in [1.82, 2.24) is 0 Å². The normalized spacial score (nSPS) is 22.9. The lowest BCUT2D eigenvalue weighted by Crippen LogP contribution is -2.53. The van der Waals surface area contributed by atoms with E-state index in [2.05, 4.69) is 0 Å². The molecule has 8 nitrogen and oxygen atoms in total. The Morgan fingerprint density at radius 1 is 1.03 bits per heavy atom. The third-order valence-electron chi connectivity index (χ3n) is 4.74. The van der Waals surface area contributed by atoms with Gasteiger partial charge in [0.2, 0.25) is 0 Å². The minimum Gasteiger partial charge on any atom is -0.458 e. The van der Waals surface area contributed by atoms with E-state index in [4.69, 9.17) is 18.6 Å². The van der Waals surface area contributed by atoms with Crippen molar-refractivity contribution in [3.63, 3.8) is 0 Å². The number of aryl methyl sites for hydroxylation is 1. The van der Waals surface area contributed by atoms with E-state index in [0.717, 1.165) is 15.8 Å². The van der Waals surface area contributed by atoms with Crippen molar-refractivity contribution in [2.75, 3.05) is 5.75 Å². The van der Waals surface area contributed by atoms with Crippen LogP contribution < -0.4 is 5.63 Å². The molecule has 0 N–H and O–H groups in total. The summed E-state index contributed by atoms with van der Waals surface area (Å²) in [6.45, 7) is 5.75. The molecule has 0 amide bonds. The third kappa shape index (κ3) is 5.86. The first kappa shape index (κ1) is 24.2.